The summed E-state index contributed by atoms with van der Waals surface area (Å²) < 4.78 is 5.55. The van der Waals surface area contributed by atoms with Gasteiger partial charge in [0.1, 0.15) is 6.10 Å². The summed E-state index contributed by atoms with van der Waals surface area (Å²) >= 11 is 0. The molecule has 0 saturated heterocycles. The van der Waals surface area contributed by atoms with Gasteiger partial charge in [-0.05, 0) is 43.9 Å². The molecular weight excluding hydrogens is 210 g/mol. The maximum absolute atomic E-state index is 5.55. The highest BCUT2D eigenvalue weighted by atomic mass is 16.5. The fourth-order valence-electron chi connectivity index (χ4n) is 2.23. The van der Waals surface area contributed by atoms with Crippen molar-refractivity contribution in [1.29, 1.82) is 0 Å². The Labute approximate surface area is 104 Å². The molecule has 92 valence electrons. The fraction of sp³-hybridized carbons (Fsp3) is 0.467. The van der Waals surface area contributed by atoms with E-state index >= 15 is 0 Å². The zero-order chi connectivity index (χ0) is 12.1. The quantitative estimate of drug-likeness (QED) is 0.858. The second kappa shape index (κ2) is 5.87. The van der Waals surface area contributed by atoms with Gasteiger partial charge in [-0.15, -0.1) is 0 Å². The van der Waals surface area contributed by atoms with Gasteiger partial charge in [-0.1, -0.05) is 24.3 Å². The molecule has 0 bridgehead atoms. The highest BCUT2D eigenvalue weighted by molar-refractivity contribution is 5.28. The van der Waals surface area contributed by atoms with Gasteiger partial charge in [0.25, 0.3) is 0 Å². The van der Waals surface area contributed by atoms with Crippen LogP contribution in [0.4, 0.5) is 0 Å². The molecule has 2 nitrogen and oxygen atoms in total. The Balaban J connectivity index is 1.87. The van der Waals surface area contributed by atoms with Crippen LogP contribution in [0.2, 0.25) is 0 Å². The Morgan fingerprint density at radius 3 is 2.94 bits per heavy atom. The van der Waals surface area contributed by atoms with Gasteiger partial charge in [0.05, 0.1) is 6.26 Å². The first-order valence-electron chi connectivity index (χ1n) is 6.37. The van der Waals surface area contributed by atoms with Gasteiger partial charge in [0.2, 0.25) is 0 Å². The minimum atomic E-state index is 0.325. The summed E-state index contributed by atoms with van der Waals surface area (Å²) in [6.07, 6.45) is 6.48. The van der Waals surface area contributed by atoms with E-state index < -0.39 is 0 Å². The molecule has 1 aliphatic heterocycles. The maximum Gasteiger partial charge on any atom is 0.110 e. The van der Waals surface area contributed by atoms with Crippen molar-refractivity contribution in [3.05, 3.63) is 47.7 Å². The SMILES string of the molecule is Cc1ccccc1[C@H](C)NCC1CCC=CO1. The summed E-state index contributed by atoms with van der Waals surface area (Å²) in [6, 6.07) is 8.91. The Kier molecular flexibility index (Phi) is 4.21. The fourth-order valence-corrected chi connectivity index (χ4v) is 2.23. The Bertz CT molecular complexity index is 386. The van der Waals surface area contributed by atoms with Gasteiger partial charge in [-0.3, -0.25) is 0 Å². The predicted octanol–water partition coefficient (Wildman–Crippen LogP) is 3.34. The molecule has 0 aromatic heterocycles. The second-order valence-corrected chi connectivity index (χ2v) is 4.69. The normalized spacial score (nSPS) is 20.9. The second-order valence-electron chi connectivity index (χ2n) is 4.69. The minimum Gasteiger partial charge on any atom is -0.497 e. The summed E-state index contributed by atoms with van der Waals surface area (Å²) in [4.78, 5) is 0. The highest BCUT2D eigenvalue weighted by Gasteiger charge is 2.13. The molecule has 1 unspecified atom stereocenters. The number of rotatable bonds is 4. The molecule has 0 amide bonds. The molecule has 0 saturated carbocycles. The van der Waals surface area contributed by atoms with Crippen LogP contribution in [0.3, 0.4) is 0 Å². The van der Waals surface area contributed by atoms with E-state index in [0.29, 0.717) is 12.1 Å². The topological polar surface area (TPSA) is 21.3 Å². The zero-order valence-corrected chi connectivity index (χ0v) is 10.6. The van der Waals surface area contributed by atoms with Crippen LogP contribution < -0.4 is 5.32 Å². The van der Waals surface area contributed by atoms with Crippen molar-refractivity contribution >= 4 is 0 Å². The Hall–Kier alpha value is -1.28. The number of nitrogens with one attached hydrogen (secondary N) is 1. The molecule has 2 heteroatoms. The number of ether oxygens (including phenoxy) is 1. The molecule has 1 N–H and O–H groups in total. The molecule has 1 aliphatic rings. The maximum atomic E-state index is 5.55. The van der Waals surface area contributed by atoms with Gasteiger partial charge in [-0.25, -0.2) is 0 Å². The van der Waals surface area contributed by atoms with E-state index in [-0.39, 0.29) is 0 Å². The molecule has 0 aliphatic carbocycles. The lowest BCUT2D eigenvalue weighted by Crippen LogP contribution is -2.31. The van der Waals surface area contributed by atoms with E-state index in [4.69, 9.17) is 4.74 Å². The van der Waals surface area contributed by atoms with Crippen LogP contribution in [0.5, 0.6) is 0 Å². The van der Waals surface area contributed by atoms with Crippen LogP contribution in [0.15, 0.2) is 36.6 Å². The van der Waals surface area contributed by atoms with Crippen LogP contribution in [0.1, 0.15) is 36.9 Å². The molecular formula is C15H21NO. The molecule has 1 aromatic carbocycles. The standard InChI is InChI=1S/C15H21NO/c1-12-7-3-4-9-15(12)13(2)16-11-14-8-5-6-10-17-14/h3-4,6-7,9-10,13-14,16H,5,8,11H2,1-2H3/t13-,14?/m0/s1. The summed E-state index contributed by atoms with van der Waals surface area (Å²) in [5, 5.41) is 3.55. The zero-order valence-electron chi connectivity index (χ0n) is 10.6. The van der Waals surface area contributed by atoms with Crippen molar-refractivity contribution in [2.75, 3.05) is 6.54 Å². The summed E-state index contributed by atoms with van der Waals surface area (Å²) in [7, 11) is 0. The van der Waals surface area contributed by atoms with Crippen molar-refractivity contribution in [2.45, 2.75) is 38.8 Å². The predicted molar refractivity (Wildman–Crippen MR) is 70.8 cm³/mol. The number of aryl methyl sites for hydroxylation is 1. The van der Waals surface area contributed by atoms with Crippen LogP contribution >= 0.6 is 0 Å². The lowest BCUT2D eigenvalue weighted by Gasteiger charge is -2.23. The first-order valence-corrected chi connectivity index (χ1v) is 6.37. The van der Waals surface area contributed by atoms with E-state index in [1.807, 2.05) is 6.26 Å². The third-order valence-corrected chi connectivity index (χ3v) is 3.33. The summed E-state index contributed by atoms with van der Waals surface area (Å²) in [6.45, 7) is 5.29. The van der Waals surface area contributed by atoms with E-state index in [1.54, 1.807) is 0 Å². The number of hydrogen-bond acceptors (Lipinski definition) is 2. The van der Waals surface area contributed by atoms with Crippen LogP contribution in [0, 0.1) is 6.92 Å². The Morgan fingerprint density at radius 1 is 1.41 bits per heavy atom. The first-order chi connectivity index (χ1) is 8.27. The lowest BCUT2D eigenvalue weighted by molar-refractivity contribution is 0.120. The smallest absolute Gasteiger partial charge is 0.110 e. The summed E-state index contributed by atoms with van der Waals surface area (Å²) in [5.74, 6) is 0. The van der Waals surface area contributed by atoms with E-state index in [0.717, 1.165) is 19.4 Å². The van der Waals surface area contributed by atoms with Gasteiger partial charge in [-0.2, -0.15) is 0 Å². The number of hydrogen-bond donors (Lipinski definition) is 1. The van der Waals surface area contributed by atoms with Crippen LogP contribution in [-0.4, -0.2) is 12.6 Å². The third kappa shape index (κ3) is 3.34. The molecule has 17 heavy (non-hydrogen) atoms. The molecule has 0 radical (unpaired) electrons. The van der Waals surface area contributed by atoms with Crippen molar-refractivity contribution < 1.29 is 4.74 Å². The molecule has 2 atom stereocenters. The molecule has 1 aromatic rings. The van der Waals surface area contributed by atoms with Crippen molar-refractivity contribution in [1.82, 2.24) is 5.32 Å². The van der Waals surface area contributed by atoms with Gasteiger partial charge in [0.15, 0.2) is 0 Å². The number of allylic oxidation sites excluding steroid dienone is 1. The third-order valence-electron chi connectivity index (χ3n) is 3.33. The first kappa shape index (κ1) is 12.2. The Morgan fingerprint density at radius 2 is 2.24 bits per heavy atom. The van der Waals surface area contributed by atoms with Gasteiger partial charge >= 0.3 is 0 Å². The summed E-state index contributed by atoms with van der Waals surface area (Å²) in [5.41, 5.74) is 2.72. The van der Waals surface area contributed by atoms with E-state index in [1.165, 1.54) is 11.1 Å². The molecule has 0 spiro atoms. The van der Waals surface area contributed by atoms with E-state index in [2.05, 4.69) is 49.5 Å². The molecule has 2 rings (SSSR count). The molecule has 1 heterocycles. The minimum absolute atomic E-state index is 0.325. The average Bonchev–Trinajstić information content (AvgIpc) is 2.38. The van der Waals surface area contributed by atoms with E-state index in [9.17, 15) is 0 Å². The van der Waals surface area contributed by atoms with Crippen molar-refractivity contribution in [3.8, 4) is 0 Å². The van der Waals surface area contributed by atoms with Crippen molar-refractivity contribution in [2.24, 2.45) is 0 Å². The monoisotopic (exact) mass is 231 g/mol. The van der Waals surface area contributed by atoms with Crippen molar-refractivity contribution in [3.63, 3.8) is 0 Å². The van der Waals surface area contributed by atoms with Crippen LogP contribution in [0.25, 0.3) is 0 Å². The number of benzene rings is 1. The van der Waals surface area contributed by atoms with Gasteiger partial charge < -0.3 is 10.1 Å². The van der Waals surface area contributed by atoms with Gasteiger partial charge in [0, 0.05) is 12.6 Å². The highest BCUT2D eigenvalue weighted by Crippen LogP contribution is 2.17. The lowest BCUT2D eigenvalue weighted by atomic mass is 10.0. The van der Waals surface area contributed by atoms with Crippen LogP contribution in [-0.2, 0) is 4.74 Å². The molecule has 0 fully saturated rings. The largest absolute Gasteiger partial charge is 0.497 e. The average molecular weight is 231 g/mol.